The quantitative estimate of drug-likeness (QED) is 0.397. The predicted molar refractivity (Wildman–Crippen MR) is 103 cm³/mol. The number of rotatable bonds is 9. The molecule has 0 unspecified atom stereocenters. The fourth-order valence-electron chi connectivity index (χ4n) is 2.11. The Bertz CT molecular complexity index is 785. The van der Waals surface area contributed by atoms with Gasteiger partial charge in [0.1, 0.15) is 0 Å². The molecule has 0 saturated heterocycles. The van der Waals surface area contributed by atoms with E-state index in [0.717, 1.165) is 17.0 Å². The van der Waals surface area contributed by atoms with Gasteiger partial charge in [-0.05, 0) is 33.3 Å². The molecule has 1 N–H and O–H groups in total. The minimum absolute atomic E-state index is 0.146. The summed E-state index contributed by atoms with van der Waals surface area (Å²) in [5, 5.41) is 16.2. The number of benzene rings is 1. The van der Waals surface area contributed by atoms with Crippen molar-refractivity contribution in [1.82, 2.24) is 4.98 Å². The number of aromatic nitrogens is 1. The summed E-state index contributed by atoms with van der Waals surface area (Å²) in [6, 6.07) is 3.09. The van der Waals surface area contributed by atoms with Gasteiger partial charge in [-0.15, -0.1) is 11.3 Å². The molecule has 1 aromatic carbocycles. The van der Waals surface area contributed by atoms with Crippen LogP contribution in [0, 0.1) is 24.0 Å². The van der Waals surface area contributed by atoms with Gasteiger partial charge in [0.25, 0.3) is 0 Å². The molecule has 0 aliphatic carbocycles. The molecule has 26 heavy (non-hydrogen) atoms. The van der Waals surface area contributed by atoms with E-state index in [1.165, 1.54) is 23.6 Å². The van der Waals surface area contributed by atoms with Crippen LogP contribution in [-0.4, -0.2) is 29.3 Å². The number of nitro benzene ring substituents is 1. The molecule has 2 aromatic rings. The van der Waals surface area contributed by atoms with Crippen molar-refractivity contribution in [3.05, 3.63) is 38.4 Å². The van der Waals surface area contributed by atoms with Gasteiger partial charge in [-0.25, -0.2) is 4.98 Å². The van der Waals surface area contributed by atoms with Gasteiger partial charge < -0.3 is 9.47 Å². The fourth-order valence-corrected chi connectivity index (χ4v) is 2.88. The van der Waals surface area contributed by atoms with Crippen LogP contribution in [0.1, 0.15) is 36.4 Å². The molecule has 2 rings (SSSR count). The third-order valence-corrected chi connectivity index (χ3v) is 4.38. The van der Waals surface area contributed by atoms with Crippen molar-refractivity contribution in [1.29, 1.82) is 0 Å². The molecule has 140 valence electrons. The predicted octanol–water partition coefficient (Wildman–Crippen LogP) is 4.30. The van der Waals surface area contributed by atoms with Gasteiger partial charge in [-0.3, -0.25) is 15.5 Å². The molecular weight excluding hydrogens is 356 g/mol. The fraction of sp³-hybridized carbons (Fsp3) is 0.412. The summed E-state index contributed by atoms with van der Waals surface area (Å²) in [5.41, 5.74) is 4.17. The van der Waals surface area contributed by atoms with E-state index < -0.39 is 4.92 Å². The van der Waals surface area contributed by atoms with Crippen LogP contribution < -0.4 is 14.9 Å². The van der Waals surface area contributed by atoms with Crippen LogP contribution in [0.15, 0.2) is 17.2 Å². The topological polar surface area (TPSA) is 98.9 Å². The Kier molecular flexibility index (Phi) is 6.90. The van der Waals surface area contributed by atoms with Crippen molar-refractivity contribution in [3.8, 4) is 11.5 Å². The van der Waals surface area contributed by atoms with Gasteiger partial charge in [-0.1, -0.05) is 6.92 Å². The molecule has 9 heteroatoms. The average molecular weight is 378 g/mol. The van der Waals surface area contributed by atoms with Crippen molar-refractivity contribution >= 4 is 28.4 Å². The highest BCUT2D eigenvalue weighted by atomic mass is 32.1. The van der Waals surface area contributed by atoms with E-state index >= 15 is 0 Å². The van der Waals surface area contributed by atoms with E-state index in [0.29, 0.717) is 29.7 Å². The number of anilines is 1. The van der Waals surface area contributed by atoms with Crippen LogP contribution >= 0.6 is 11.3 Å². The molecule has 0 saturated carbocycles. The standard InChI is InChI=1S/C17H22N4O4S/c1-5-7-25-16-14(21(22)23)8-13(9-15(16)24-6-2)10-18-20-17-19-11(3)12(4)26-17/h8-10H,5-7H2,1-4H3,(H,19,20)/b18-10-. The lowest BCUT2D eigenvalue weighted by atomic mass is 10.2. The zero-order chi connectivity index (χ0) is 19.1. The van der Waals surface area contributed by atoms with Crippen molar-refractivity contribution in [3.63, 3.8) is 0 Å². The van der Waals surface area contributed by atoms with E-state index in [2.05, 4.69) is 15.5 Å². The second kappa shape index (κ2) is 9.14. The molecule has 0 spiro atoms. The summed E-state index contributed by atoms with van der Waals surface area (Å²) in [7, 11) is 0. The number of nitrogens with zero attached hydrogens (tertiary/aromatic N) is 3. The molecule has 0 atom stereocenters. The lowest BCUT2D eigenvalue weighted by Gasteiger charge is -2.12. The number of thiazole rings is 1. The summed E-state index contributed by atoms with van der Waals surface area (Å²) < 4.78 is 11.1. The van der Waals surface area contributed by atoms with Gasteiger partial charge in [0, 0.05) is 16.5 Å². The number of ether oxygens (including phenoxy) is 2. The van der Waals surface area contributed by atoms with E-state index in [1.54, 1.807) is 6.07 Å². The number of hydrogen-bond donors (Lipinski definition) is 1. The summed E-state index contributed by atoms with van der Waals surface area (Å²) >= 11 is 1.49. The van der Waals surface area contributed by atoms with Crippen molar-refractivity contribution < 1.29 is 14.4 Å². The average Bonchev–Trinajstić information content (AvgIpc) is 2.91. The molecule has 0 radical (unpaired) electrons. The minimum Gasteiger partial charge on any atom is -0.490 e. The molecule has 0 aliphatic heterocycles. The number of aryl methyl sites for hydroxylation is 2. The number of hydrogen-bond acceptors (Lipinski definition) is 8. The second-order valence-corrected chi connectivity index (χ2v) is 6.64. The summed E-state index contributed by atoms with van der Waals surface area (Å²) in [6.45, 7) is 8.39. The SMILES string of the molecule is CCCOc1c(OCC)cc(/C=N\Nc2nc(C)c(C)s2)cc1[N+](=O)[O-]. The monoisotopic (exact) mass is 378 g/mol. The van der Waals surface area contributed by atoms with Crippen LogP contribution in [0.3, 0.4) is 0 Å². The van der Waals surface area contributed by atoms with Gasteiger partial charge >= 0.3 is 5.69 Å². The van der Waals surface area contributed by atoms with E-state index in [9.17, 15) is 10.1 Å². The van der Waals surface area contributed by atoms with Gasteiger partial charge in [0.15, 0.2) is 5.75 Å². The first-order valence-electron chi connectivity index (χ1n) is 8.27. The number of hydrazone groups is 1. The zero-order valence-electron chi connectivity index (χ0n) is 15.2. The van der Waals surface area contributed by atoms with Crippen LogP contribution in [0.2, 0.25) is 0 Å². The Morgan fingerprint density at radius 1 is 1.35 bits per heavy atom. The summed E-state index contributed by atoms with van der Waals surface area (Å²) in [6.07, 6.45) is 2.23. The van der Waals surface area contributed by atoms with Gasteiger partial charge in [0.05, 0.1) is 30.0 Å². The molecule has 0 aliphatic rings. The third-order valence-electron chi connectivity index (χ3n) is 3.41. The highest BCUT2D eigenvalue weighted by Gasteiger charge is 2.22. The largest absolute Gasteiger partial charge is 0.490 e. The summed E-state index contributed by atoms with van der Waals surface area (Å²) in [4.78, 5) is 16.4. The van der Waals surface area contributed by atoms with E-state index in [4.69, 9.17) is 9.47 Å². The Labute approximate surface area is 156 Å². The molecule has 0 fully saturated rings. The lowest BCUT2D eigenvalue weighted by Crippen LogP contribution is -2.04. The van der Waals surface area contributed by atoms with Crippen molar-refractivity contribution in [2.75, 3.05) is 18.6 Å². The van der Waals surface area contributed by atoms with Crippen LogP contribution in [0.4, 0.5) is 10.8 Å². The highest BCUT2D eigenvalue weighted by molar-refractivity contribution is 7.15. The Balaban J connectivity index is 2.29. The first-order chi connectivity index (χ1) is 12.5. The van der Waals surface area contributed by atoms with Gasteiger partial charge in [0.2, 0.25) is 10.9 Å². The molecule has 0 bridgehead atoms. The second-order valence-electron chi connectivity index (χ2n) is 5.44. The van der Waals surface area contributed by atoms with Crippen LogP contribution in [0.25, 0.3) is 0 Å². The third kappa shape index (κ3) is 4.92. The Hall–Kier alpha value is -2.68. The number of nitro groups is 1. The lowest BCUT2D eigenvalue weighted by molar-refractivity contribution is -0.386. The molecule has 0 amide bonds. The smallest absolute Gasteiger partial charge is 0.315 e. The molecule has 1 heterocycles. The van der Waals surface area contributed by atoms with Crippen LogP contribution in [-0.2, 0) is 0 Å². The number of nitrogens with one attached hydrogen (secondary N) is 1. The van der Waals surface area contributed by atoms with E-state index in [-0.39, 0.29) is 11.4 Å². The first kappa shape index (κ1) is 19.6. The van der Waals surface area contributed by atoms with Gasteiger partial charge in [-0.2, -0.15) is 5.10 Å². The Morgan fingerprint density at radius 2 is 2.12 bits per heavy atom. The normalized spacial score (nSPS) is 10.9. The van der Waals surface area contributed by atoms with E-state index in [1.807, 2.05) is 27.7 Å². The molecular formula is C17H22N4O4S. The van der Waals surface area contributed by atoms with Crippen molar-refractivity contribution in [2.45, 2.75) is 34.1 Å². The maximum Gasteiger partial charge on any atom is 0.315 e. The maximum absolute atomic E-state index is 11.4. The molecule has 1 aromatic heterocycles. The summed E-state index contributed by atoms with van der Waals surface area (Å²) in [5.74, 6) is 0.479. The van der Waals surface area contributed by atoms with Crippen molar-refractivity contribution in [2.24, 2.45) is 5.10 Å². The van der Waals surface area contributed by atoms with Crippen LogP contribution in [0.5, 0.6) is 11.5 Å². The molecule has 8 nitrogen and oxygen atoms in total. The zero-order valence-corrected chi connectivity index (χ0v) is 16.1. The first-order valence-corrected chi connectivity index (χ1v) is 9.09. The minimum atomic E-state index is -0.480. The maximum atomic E-state index is 11.4. The highest BCUT2D eigenvalue weighted by Crippen LogP contribution is 2.38. The Morgan fingerprint density at radius 3 is 2.69 bits per heavy atom.